The van der Waals surface area contributed by atoms with Gasteiger partial charge in [0.25, 0.3) is 0 Å². The maximum Gasteiger partial charge on any atom is 0.249 e. The Morgan fingerprint density at radius 3 is 2.61 bits per heavy atom. The highest BCUT2D eigenvalue weighted by atomic mass is 79.9. The highest BCUT2D eigenvalue weighted by molar-refractivity contribution is 9.10. The summed E-state index contributed by atoms with van der Waals surface area (Å²) in [4.78, 5) is 25.4. The molecule has 2 aromatic carbocycles. The molecule has 162 valence electrons. The lowest BCUT2D eigenvalue weighted by atomic mass is 10.0. The maximum atomic E-state index is 13.0. The summed E-state index contributed by atoms with van der Waals surface area (Å²) < 4.78 is 0.944. The molecule has 2 N–H and O–H groups in total. The fraction of sp³-hybridized carbons (Fsp3) is 0.304. The minimum Gasteiger partial charge on any atom is -0.344 e. The van der Waals surface area contributed by atoms with Gasteiger partial charge in [-0.3, -0.25) is 14.9 Å². The Balaban J connectivity index is 1.69. The van der Waals surface area contributed by atoms with E-state index in [1.54, 1.807) is 0 Å². The molecule has 0 bridgehead atoms. The zero-order chi connectivity index (χ0) is 22.1. The van der Waals surface area contributed by atoms with Crippen LogP contribution in [-0.4, -0.2) is 28.1 Å². The van der Waals surface area contributed by atoms with Gasteiger partial charge in [0.1, 0.15) is 11.0 Å². The molecule has 31 heavy (non-hydrogen) atoms. The maximum absolute atomic E-state index is 13.0. The summed E-state index contributed by atoms with van der Waals surface area (Å²) in [5, 5.41) is 15.1. The lowest BCUT2D eigenvalue weighted by molar-refractivity contribution is -0.126. The van der Waals surface area contributed by atoms with E-state index < -0.39 is 6.04 Å². The van der Waals surface area contributed by atoms with Gasteiger partial charge in [-0.1, -0.05) is 89.5 Å². The van der Waals surface area contributed by atoms with Crippen LogP contribution in [0.15, 0.2) is 59.1 Å². The van der Waals surface area contributed by atoms with E-state index in [9.17, 15) is 9.59 Å². The van der Waals surface area contributed by atoms with Gasteiger partial charge in [0.05, 0.1) is 0 Å². The molecule has 6 nitrogen and oxygen atoms in total. The first-order chi connectivity index (χ1) is 15.0. The molecule has 3 rings (SSSR count). The number of carbonyl (C=O) groups excluding carboxylic acids is 2. The molecule has 0 spiro atoms. The Hall–Kier alpha value is -2.58. The minimum atomic E-state index is -0.685. The van der Waals surface area contributed by atoms with Gasteiger partial charge in [0.15, 0.2) is 0 Å². The lowest BCUT2D eigenvalue weighted by Gasteiger charge is -2.18. The van der Waals surface area contributed by atoms with Crippen molar-refractivity contribution in [3.8, 4) is 10.6 Å². The van der Waals surface area contributed by atoms with E-state index in [4.69, 9.17) is 0 Å². The van der Waals surface area contributed by atoms with Crippen molar-refractivity contribution in [3.63, 3.8) is 0 Å². The van der Waals surface area contributed by atoms with E-state index in [0.717, 1.165) is 34.9 Å². The molecule has 1 atom stereocenters. The molecule has 1 aromatic heterocycles. The zero-order valence-electron chi connectivity index (χ0n) is 17.3. The third-order valence-electron chi connectivity index (χ3n) is 4.67. The molecule has 3 aromatic rings. The van der Waals surface area contributed by atoms with Crippen LogP contribution >= 0.6 is 27.3 Å². The molecule has 0 aliphatic rings. The number of halogens is 1. The van der Waals surface area contributed by atoms with E-state index in [0.29, 0.717) is 23.0 Å². The predicted molar refractivity (Wildman–Crippen MR) is 128 cm³/mol. The van der Waals surface area contributed by atoms with Crippen LogP contribution in [0.1, 0.15) is 38.2 Å². The normalized spacial score (nSPS) is 11.7. The molecular formula is C23H25BrN4O2S. The van der Waals surface area contributed by atoms with E-state index in [-0.39, 0.29) is 11.8 Å². The lowest BCUT2D eigenvalue weighted by Crippen LogP contribution is -2.45. The Morgan fingerprint density at radius 2 is 1.87 bits per heavy atom. The molecule has 0 saturated carbocycles. The number of anilines is 1. The first kappa shape index (κ1) is 23.1. The van der Waals surface area contributed by atoms with Crippen molar-refractivity contribution in [3.05, 3.63) is 64.6 Å². The summed E-state index contributed by atoms with van der Waals surface area (Å²) in [5.74, 6) is -0.416. The van der Waals surface area contributed by atoms with Gasteiger partial charge in [0.2, 0.25) is 16.9 Å². The van der Waals surface area contributed by atoms with Crippen LogP contribution in [-0.2, 0) is 16.0 Å². The van der Waals surface area contributed by atoms with Crippen molar-refractivity contribution in [2.45, 2.75) is 45.1 Å². The Kier molecular flexibility index (Phi) is 8.73. The number of rotatable bonds is 10. The smallest absolute Gasteiger partial charge is 0.249 e. The molecule has 0 fully saturated rings. The third-order valence-corrected chi connectivity index (χ3v) is 6.05. The van der Waals surface area contributed by atoms with Crippen LogP contribution in [0.5, 0.6) is 0 Å². The number of hydrogen-bond acceptors (Lipinski definition) is 5. The Morgan fingerprint density at radius 1 is 1.06 bits per heavy atom. The number of aromatic nitrogens is 2. The van der Waals surface area contributed by atoms with Crippen molar-refractivity contribution in [1.29, 1.82) is 0 Å². The molecular weight excluding hydrogens is 476 g/mol. The molecule has 2 amide bonds. The quantitative estimate of drug-likeness (QED) is 0.374. The van der Waals surface area contributed by atoms with Crippen LogP contribution in [0.2, 0.25) is 0 Å². The largest absolute Gasteiger partial charge is 0.344 e. The first-order valence-corrected chi connectivity index (χ1v) is 11.9. The third kappa shape index (κ3) is 7.25. The second-order valence-electron chi connectivity index (χ2n) is 7.18. The fourth-order valence-electron chi connectivity index (χ4n) is 3.07. The second kappa shape index (κ2) is 11.7. The molecule has 0 aliphatic heterocycles. The number of nitrogens with zero attached hydrogens (tertiary/aromatic N) is 2. The van der Waals surface area contributed by atoms with Gasteiger partial charge in [-0.15, -0.1) is 10.2 Å². The standard InChI is InChI=1S/C23H25BrN4O2S/c1-2-3-5-13-20(29)25-19(14-16-9-6-4-7-10-16)21(30)26-23-28-27-22(31-23)17-11-8-12-18(24)15-17/h4,6-12,15,19H,2-3,5,13-14H2,1H3,(H,25,29)(H,26,28,30). The number of amides is 2. The number of unbranched alkanes of at least 4 members (excludes halogenated alkanes) is 2. The van der Waals surface area contributed by atoms with E-state index in [1.165, 1.54) is 11.3 Å². The Bertz CT molecular complexity index is 1010. The van der Waals surface area contributed by atoms with Crippen LogP contribution < -0.4 is 10.6 Å². The van der Waals surface area contributed by atoms with Gasteiger partial charge in [-0.2, -0.15) is 0 Å². The monoisotopic (exact) mass is 500 g/mol. The highest BCUT2D eigenvalue weighted by Crippen LogP contribution is 2.28. The van der Waals surface area contributed by atoms with Crippen molar-refractivity contribution < 1.29 is 9.59 Å². The molecule has 1 heterocycles. The molecule has 8 heteroatoms. The van der Waals surface area contributed by atoms with Crippen LogP contribution in [0, 0.1) is 0 Å². The number of hydrogen-bond donors (Lipinski definition) is 2. The van der Waals surface area contributed by atoms with Crippen molar-refractivity contribution >= 4 is 44.2 Å². The fourth-order valence-corrected chi connectivity index (χ4v) is 4.21. The van der Waals surface area contributed by atoms with Gasteiger partial charge in [0, 0.05) is 22.9 Å². The highest BCUT2D eigenvalue weighted by Gasteiger charge is 2.22. The first-order valence-electron chi connectivity index (χ1n) is 10.3. The average molecular weight is 501 g/mol. The van der Waals surface area contributed by atoms with Crippen molar-refractivity contribution in [2.24, 2.45) is 0 Å². The summed E-state index contributed by atoms with van der Waals surface area (Å²) in [6.07, 6.45) is 3.67. The minimum absolute atomic E-state index is 0.114. The number of benzene rings is 2. The van der Waals surface area contributed by atoms with Crippen molar-refractivity contribution in [1.82, 2.24) is 15.5 Å². The number of carbonyl (C=O) groups is 2. The van der Waals surface area contributed by atoms with Gasteiger partial charge in [-0.25, -0.2) is 0 Å². The van der Waals surface area contributed by atoms with Crippen molar-refractivity contribution in [2.75, 3.05) is 5.32 Å². The summed E-state index contributed by atoms with van der Waals surface area (Å²) in [6.45, 7) is 2.09. The summed E-state index contributed by atoms with van der Waals surface area (Å²) >= 11 is 4.74. The Labute approximate surface area is 194 Å². The average Bonchev–Trinajstić information content (AvgIpc) is 3.23. The summed E-state index contributed by atoms with van der Waals surface area (Å²) in [6, 6.07) is 16.7. The molecule has 1 unspecified atom stereocenters. The summed E-state index contributed by atoms with van der Waals surface area (Å²) in [7, 11) is 0. The van der Waals surface area contributed by atoms with E-state index in [2.05, 4.69) is 43.7 Å². The second-order valence-corrected chi connectivity index (χ2v) is 9.07. The van der Waals surface area contributed by atoms with E-state index >= 15 is 0 Å². The van der Waals surface area contributed by atoms with Crippen LogP contribution in [0.3, 0.4) is 0 Å². The molecule has 0 saturated heterocycles. The SMILES string of the molecule is CCCCCC(=O)NC(Cc1ccccc1)C(=O)Nc1nnc(-c2cccc(Br)c2)s1. The van der Waals surface area contributed by atoms with E-state index in [1.807, 2.05) is 54.6 Å². The van der Waals surface area contributed by atoms with Crippen LogP contribution in [0.25, 0.3) is 10.6 Å². The zero-order valence-corrected chi connectivity index (χ0v) is 19.7. The molecule has 0 aliphatic carbocycles. The van der Waals surface area contributed by atoms with Crippen LogP contribution in [0.4, 0.5) is 5.13 Å². The number of nitrogens with one attached hydrogen (secondary N) is 2. The van der Waals surface area contributed by atoms with Gasteiger partial charge >= 0.3 is 0 Å². The van der Waals surface area contributed by atoms with Gasteiger partial charge < -0.3 is 5.32 Å². The summed E-state index contributed by atoms with van der Waals surface area (Å²) in [5.41, 5.74) is 1.89. The predicted octanol–water partition coefficient (Wildman–Crippen LogP) is 5.21. The molecule has 0 radical (unpaired) electrons. The topological polar surface area (TPSA) is 84.0 Å². The van der Waals surface area contributed by atoms with Gasteiger partial charge in [-0.05, 0) is 24.1 Å².